The van der Waals surface area contributed by atoms with Gasteiger partial charge in [0.25, 0.3) is 0 Å². The number of aliphatic imine (C=N–C) groups is 1. The molecule has 4 nitrogen and oxygen atoms in total. The molecule has 0 aliphatic rings. The first-order valence-corrected chi connectivity index (χ1v) is 5.26. The minimum atomic E-state index is 0.0981. The molecule has 0 aromatic heterocycles. The van der Waals surface area contributed by atoms with Gasteiger partial charge in [-0.1, -0.05) is 17.7 Å². The van der Waals surface area contributed by atoms with E-state index < -0.39 is 0 Å². The van der Waals surface area contributed by atoms with Gasteiger partial charge in [-0.15, -0.1) is 0 Å². The third-order valence-corrected chi connectivity index (χ3v) is 2.24. The minimum Gasteiger partial charge on any atom is -0.491 e. The fourth-order valence-corrected chi connectivity index (χ4v) is 1.72. The first kappa shape index (κ1) is 12.4. The Bertz CT molecular complexity index is 372. The van der Waals surface area contributed by atoms with E-state index in [9.17, 15) is 0 Å². The highest BCUT2D eigenvalue weighted by molar-refractivity contribution is 5.75. The van der Waals surface area contributed by atoms with E-state index in [2.05, 4.69) is 24.0 Å². The van der Waals surface area contributed by atoms with Crippen LogP contribution >= 0.6 is 0 Å². The molecule has 1 rings (SSSR count). The van der Waals surface area contributed by atoms with Crippen LogP contribution < -0.4 is 16.2 Å². The second kappa shape index (κ2) is 5.39. The van der Waals surface area contributed by atoms with Gasteiger partial charge in [-0.05, 0) is 31.9 Å². The molecule has 0 bridgehead atoms. The maximum Gasteiger partial charge on any atom is 0.186 e. The molecule has 0 saturated heterocycles. The summed E-state index contributed by atoms with van der Waals surface area (Å²) in [7, 11) is 0. The quantitative estimate of drug-likeness (QED) is 0.457. The number of nitrogens with two attached hydrogens (primary N) is 2. The Balaban J connectivity index is 2.64. The van der Waals surface area contributed by atoms with E-state index in [1.54, 1.807) is 0 Å². The standard InChI is InChI=1S/C12H19N3O/c1-8-6-9(2)11(10(3)7-8)16-5-4-15-12(13)14/h6-7H,4-5H2,1-3H3,(H4,13,14,15). The molecule has 0 amide bonds. The fourth-order valence-electron chi connectivity index (χ4n) is 1.72. The van der Waals surface area contributed by atoms with Crippen LogP contribution in [0.4, 0.5) is 0 Å². The van der Waals surface area contributed by atoms with E-state index >= 15 is 0 Å². The van der Waals surface area contributed by atoms with Gasteiger partial charge in [-0.2, -0.15) is 0 Å². The molecule has 4 N–H and O–H groups in total. The van der Waals surface area contributed by atoms with Crippen molar-refractivity contribution < 1.29 is 4.74 Å². The number of guanidine groups is 1. The summed E-state index contributed by atoms with van der Waals surface area (Å²) in [5.74, 6) is 1.03. The van der Waals surface area contributed by atoms with Crippen LogP contribution in [0.15, 0.2) is 17.1 Å². The highest BCUT2D eigenvalue weighted by Gasteiger charge is 2.04. The number of benzene rings is 1. The van der Waals surface area contributed by atoms with Crippen LogP contribution in [0.3, 0.4) is 0 Å². The topological polar surface area (TPSA) is 73.6 Å². The Hall–Kier alpha value is -1.71. The van der Waals surface area contributed by atoms with Crippen molar-refractivity contribution in [2.45, 2.75) is 20.8 Å². The predicted octanol–water partition coefficient (Wildman–Crippen LogP) is 1.26. The summed E-state index contributed by atoms with van der Waals surface area (Å²) in [6, 6.07) is 4.20. The van der Waals surface area contributed by atoms with Crippen LogP contribution in [0.5, 0.6) is 5.75 Å². The summed E-state index contributed by atoms with van der Waals surface area (Å²) < 4.78 is 5.65. The molecular weight excluding hydrogens is 202 g/mol. The largest absolute Gasteiger partial charge is 0.491 e. The normalized spacial score (nSPS) is 9.94. The molecule has 0 unspecified atom stereocenters. The number of ether oxygens (including phenoxy) is 1. The Morgan fingerprint density at radius 3 is 2.25 bits per heavy atom. The summed E-state index contributed by atoms with van der Waals surface area (Å²) in [6.45, 7) is 7.12. The van der Waals surface area contributed by atoms with Gasteiger partial charge >= 0.3 is 0 Å². The number of nitrogens with zero attached hydrogens (tertiary/aromatic N) is 1. The van der Waals surface area contributed by atoms with E-state index in [0.29, 0.717) is 13.2 Å². The molecule has 0 spiro atoms. The van der Waals surface area contributed by atoms with Crippen molar-refractivity contribution in [1.29, 1.82) is 0 Å². The zero-order chi connectivity index (χ0) is 12.1. The molecule has 0 radical (unpaired) electrons. The maximum absolute atomic E-state index is 5.65. The average Bonchev–Trinajstić information content (AvgIpc) is 2.14. The lowest BCUT2D eigenvalue weighted by Gasteiger charge is -2.12. The Kier molecular flexibility index (Phi) is 4.17. The van der Waals surface area contributed by atoms with Gasteiger partial charge in [-0.3, -0.25) is 4.99 Å². The molecule has 1 aromatic rings. The molecule has 0 fully saturated rings. The number of aryl methyl sites for hydroxylation is 3. The molecule has 1 aromatic carbocycles. The molecule has 16 heavy (non-hydrogen) atoms. The molecule has 0 aliphatic heterocycles. The molecule has 88 valence electrons. The average molecular weight is 221 g/mol. The van der Waals surface area contributed by atoms with Crippen LogP contribution in [0.2, 0.25) is 0 Å². The second-order valence-electron chi connectivity index (χ2n) is 3.88. The van der Waals surface area contributed by atoms with Crippen LogP contribution in [0.1, 0.15) is 16.7 Å². The summed E-state index contributed by atoms with van der Waals surface area (Å²) in [5, 5.41) is 0. The van der Waals surface area contributed by atoms with Gasteiger partial charge < -0.3 is 16.2 Å². The Labute approximate surface area is 96.3 Å². The first-order valence-electron chi connectivity index (χ1n) is 5.26. The molecule has 0 saturated carbocycles. The highest BCUT2D eigenvalue weighted by atomic mass is 16.5. The molecule has 0 atom stereocenters. The van der Waals surface area contributed by atoms with Gasteiger partial charge in [0.2, 0.25) is 0 Å². The van der Waals surface area contributed by atoms with Crippen molar-refractivity contribution >= 4 is 5.96 Å². The smallest absolute Gasteiger partial charge is 0.186 e. The zero-order valence-corrected chi connectivity index (χ0v) is 10.1. The second-order valence-corrected chi connectivity index (χ2v) is 3.88. The lowest BCUT2D eigenvalue weighted by atomic mass is 10.1. The van der Waals surface area contributed by atoms with Gasteiger partial charge in [0.05, 0.1) is 6.54 Å². The van der Waals surface area contributed by atoms with Crippen molar-refractivity contribution in [1.82, 2.24) is 0 Å². The summed E-state index contributed by atoms with van der Waals surface area (Å²) >= 11 is 0. The van der Waals surface area contributed by atoms with Gasteiger partial charge in [0.1, 0.15) is 12.4 Å². The van der Waals surface area contributed by atoms with Crippen molar-refractivity contribution in [3.8, 4) is 5.75 Å². The highest BCUT2D eigenvalue weighted by Crippen LogP contribution is 2.24. The lowest BCUT2D eigenvalue weighted by molar-refractivity contribution is 0.324. The van der Waals surface area contributed by atoms with E-state index in [1.165, 1.54) is 5.56 Å². The molecule has 4 heteroatoms. The van der Waals surface area contributed by atoms with Crippen molar-refractivity contribution in [2.75, 3.05) is 13.2 Å². The van der Waals surface area contributed by atoms with E-state index in [-0.39, 0.29) is 5.96 Å². The van der Waals surface area contributed by atoms with E-state index in [4.69, 9.17) is 16.2 Å². The van der Waals surface area contributed by atoms with Crippen molar-refractivity contribution in [3.05, 3.63) is 28.8 Å². The summed E-state index contributed by atoms with van der Waals surface area (Å²) in [6.07, 6.45) is 0. The SMILES string of the molecule is Cc1cc(C)c(OCCN=C(N)N)c(C)c1. The molecule has 0 aliphatic carbocycles. The monoisotopic (exact) mass is 221 g/mol. The third-order valence-electron chi connectivity index (χ3n) is 2.24. The number of hydrogen-bond donors (Lipinski definition) is 2. The fraction of sp³-hybridized carbons (Fsp3) is 0.417. The van der Waals surface area contributed by atoms with Crippen molar-refractivity contribution in [3.63, 3.8) is 0 Å². The van der Waals surface area contributed by atoms with Gasteiger partial charge in [0.15, 0.2) is 5.96 Å². The van der Waals surface area contributed by atoms with E-state index in [1.807, 2.05) is 13.8 Å². The maximum atomic E-state index is 5.65. The van der Waals surface area contributed by atoms with Crippen LogP contribution in [0.25, 0.3) is 0 Å². The van der Waals surface area contributed by atoms with Gasteiger partial charge in [-0.25, -0.2) is 0 Å². The van der Waals surface area contributed by atoms with Crippen LogP contribution in [0, 0.1) is 20.8 Å². The first-order chi connectivity index (χ1) is 7.50. The zero-order valence-electron chi connectivity index (χ0n) is 10.1. The summed E-state index contributed by atoms with van der Waals surface area (Å²) in [4.78, 5) is 3.86. The van der Waals surface area contributed by atoms with Crippen molar-refractivity contribution in [2.24, 2.45) is 16.5 Å². The predicted molar refractivity (Wildman–Crippen MR) is 66.8 cm³/mol. The third kappa shape index (κ3) is 3.46. The van der Waals surface area contributed by atoms with Crippen LogP contribution in [-0.2, 0) is 0 Å². The molecule has 0 heterocycles. The minimum absolute atomic E-state index is 0.0981. The Morgan fingerprint density at radius 2 is 1.75 bits per heavy atom. The van der Waals surface area contributed by atoms with E-state index in [0.717, 1.165) is 16.9 Å². The summed E-state index contributed by atoms with van der Waals surface area (Å²) in [5.41, 5.74) is 14.0. The Morgan fingerprint density at radius 1 is 1.19 bits per heavy atom. The van der Waals surface area contributed by atoms with Crippen LogP contribution in [-0.4, -0.2) is 19.1 Å². The molecular formula is C12H19N3O. The number of hydrogen-bond acceptors (Lipinski definition) is 2. The lowest BCUT2D eigenvalue weighted by Crippen LogP contribution is -2.23. The number of rotatable bonds is 4. The van der Waals surface area contributed by atoms with Gasteiger partial charge in [0, 0.05) is 0 Å².